The normalized spacial score (nSPS) is 29.5. The Morgan fingerprint density at radius 3 is 1.95 bits per heavy atom. The van der Waals surface area contributed by atoms with Crippen LogP contribution in [0.4, 0.5) is 0 Å². The molecule has 19 heavy (non-hydrogen) atoms. The largest absolute Gasteiger partial charge is 0.374 e. The molecule has 1 saturated carbocycles. The van der Waals surface area contributed by atoms with Crippen LogP contribution in [0.25, 0.3) is 0 Å². The lowest BCUT2D eigenvalue weighted by molar-refractivity contribution is -0.0752. The summed E-state index contributed by atoms with van der Waals surface area (Å²) in [5, 5.41) is 0.987. The zero-order valence-electron chi connectivity index (χ0n) is 13.8. The molecule has 0 radical (unpaired) electrons. The SMILES string of the molecule is CC(C)(C)CCOC1(CBr)CCC(C(C)(C)C)CC1. The third-order valence-electron chi connectivity index (χ3n) is 4.63. The van der Waals surface area contributed by atoms with Crippen LogP contribution < -0.4 is 0 Å². The van der Waals surface area contributed by atoms with Crippen molar-refractivity contribution >= 4 is 15.9 Å². The first kappa shape index (κ1) is 17.5. The van der Waals surface area contributed by atoms with Gasteiger partial charge in [-0.15, -0.1) is 0 Å². The molecule has 114 valence electrons. The number of alkyl halides is 1. The predicted octanol–water partition coefficient (Wildman–Crippen LogP) is 5.81. The van der Waals surface area contributed by atoms with Crippen molar-refractivity contribution < 1.29 is 4.74 Å². The van der Waals surface area contributed by atoms with Gasteiger partial charge in [0.1, 0.15) is 0 Å². The summed E-state index contributed by atoms with van der Waals surface area (Å²) in [6.07, 6.45) is 6.19. The van der Waals surface area contributed by atoms with E-state index in [1.54, 1.807) is 0 Å². The predicted molar refractivity (Wildman–Crippen MR) is 88.0 cm³/mol. The van der Waals surface area contributed by atoms with Crippen molar-refractivity contribution in [3.05, 3.63) is 0 Å². The number of hydrogen-bond donors (Lipinski definition) is 0. The summed E-state index contributed by atoms with van der Waals surface area (Å²) in [5.41, 5.74) is 0.924. The molecule has 0 aromatic carbocycles. The zero-order valence-corrected chi connectivity index (χ0v) is 15.4. The molecule has 0 aliphatic heterocycles. The fraction of sp³-hybridized carbons (Fsp3) is 1.00. The molecular formula is C17H33BrO. The Morgan fingerprint density at radius 2 is 1.58 bits per heavy atom. The van der Waals surface area contributed by atoms with Gasteiger partial charge in [-0.3, -0.25) is 0 Å². The van der Waals surface area contributed by atoms with E-state index in [9.17, 15) is 0 Å². The van der Waals surface area contributed by atoms with Crippen LogP contribution in [0.3, 0.4) is 0 Å². The summed E-state index contributed by atoms with van der Waals surface area (Å²) < 4.78 is 6.31. The molecule has 0 unspecified atom stereocenters. The van der Waals surface area contributed by atoms with Gasteiger partial charge in [-0.2, -0.15) is 0 Å². The second-order valence-electron chi connectivity index (χ2n) is 8.62. The molecule has 0 amide bonds. The van der Waals surface area contributed by atoms with Crippen molar-refractivity contribution in [3.8, 4) is 0 Å². The van der Waals surface area contributed by atoms with Gasteiger partial charge < -0.3 is 4.74 Å². The summed E-state index contributed by atoms with van der Waals surface area (Å²) in [5.74, 6) is 0.853. The maximum Gasteiger partial charge on any atom is 0.0779 e. The average molecular weight is 333 g/mol. The lowest BCUT2D eigenvalue weighted by Crippen LogP contribution is -2.41. The molecule has 1 fully saturated rings. The van der Waals surface area contributed by atoms with Crippen molar-refractivity contribution in [2.24, 2.45) is 16.7 Å². The van der Waals surface area contributed by atoms with Crippen molar-refractivity contribution in [1.82, 2.24) is 0 Å². The molecular weight excluding hydrogens is 300 g/mol. The molecule has 0 N–H and O–H groups in total. The van der Waals surface area contributed by atoms with E-state index in [1.165, 1.54) is 25.7 Å². The van der Waals surface area contributed by atoms with Gasteiger partial charge in [-0.1, -0.05) is 57.5 Å². The molecule has 0 bridgehead atoms. The smallest absolute Gasteiger partial charge is 0.0779 e. The number of hydrogen-bond acceptors (Lipinski definition) is 1. The minimum Gasteiger partial charge on any atom is -0.374 e. The minimum atomic E-state index is 0.104. The van der Waals surface area contributed by atoms with E-state index in [4.69, 9.17) is 4.74 Å². The van der Waals surface area contributed by atoms with Crippen LogP contribution in [0.1, 0.15) is 73.6 Å². The van der Waals surface area contributed by atoms with Crippen LogP contribution in [-0.2, 0) is 4.74 Å². The quantitative estimate of drug-likeness (QED) is 0.590. The van der Waals surface area contributed by atoms with Crippen LogP contribution in [0.2, 0.25) is 0 Å². The van der Waals surface area contributed by atoms with E-state index in [0.717, 1.165) is 24.3 Å². The van der Waals surface area contributed by atoms with Crippen LogP contribution >= 0.6 is 15.9 Å². The Morgan fingerprint density at radius 1 is 1.05 bits per heavy atom. The monoisotopic (exact) mass is 332 g/mol. The van der Waals surface area contributed by atoms with Crippen molar-refractivity contribution in [3.63, 3.8) is 0 Å². The lowest BCUT2D eigenvalue weighted by atomic mass is 9.69. The standard InChI is InChI=1S/C17H33BrO/c1-15(2,3)11-12-19-17(13-18)9-7-14(8-10-17)16(4,5)6/h14H,7-13H2,1-6H3. The van der Waals surface area contributed by atoms with Gasteiger partial charge in [-0.25, -0.2) is 0 Å². The summed E-state index contributed by atoms with van der Waals surface area (Å²) >= 11 is 3.69. The Labute approximate surface area is 129 Å². The Kier molecular flexibility index (Phi) is 5.96. The minimum absolute atomic E-state index is 0.104. The van der Waals surface area contributed by atoms with Crippen LogP contribution in [0, 0.1) is 16.7 Å². The molecule has 0 atom stereocenters. The van der Waals surface area contributed by atoms with Gasteiger partial charge in [0.05, 0.1) is 5.60 Å². The van der Waals surface area contributed by atoms with Crippen molar-refractivity contribution in [2.75, 3.05) is 11.9 Å². The van der Waals surface area contributed by atoms with Crippen LogP contribution in [0.5, 0.6) is 0 Å². The molecule has 1 rings (SSSR count). The molecule has 1 aliphatic carbocycles. The third-order valence-corrected chi connectivity index (χ3v) is 5.65. The molecule has 1 nitrogen and oxygen atoms in total. The highest BCUT2D eigenvalue weighted by atomic mass is 79.9. The summed E-state index contributed by atoms with van der Waals surface area (Å²) in [7, 11) is 0. The summed E-state index contributed by atoms with van der Waals surface area (Å²) in [6, 6.07) is 0. The van der Waals surface area contributed by atoms with E-state index in [1.807, 2.05) is 0 Å². The Balaban J connectivity index is 2.47. The van der Waals surface area contributed by atoms with E-state index in [0.29, 0.717) is 10.8 Å². The number of rotatable bonds is 4. The average Bonchev–Trinajstić information content (AvgIpc) is 2.26. The maximum atomic E-state index is 6.31. The van der Waals surface area contributed by atoms with Crippen molar-refractivity contribution in [1.29, 1.82) is 0 Å². The van der Waals surface area contributed by atoms with Gasteiger partial charge >= 0.3 is 0 Å². The second-order valence-corrected chi connectivity index (χ2v) is 9.18. The zero-order chi connectivity index (χ0) is 14.7. The number of halogens is 1. The van der Waals surface area contributed by atoms with Crippen LogP contribution in [-0.4, -0.2) is 17.5 Å². The van der Waals surface area contributed by atoms with Crippen LogP contribution in [0.15, 0.2) is 0 Å². The van der Waals surface area contributed by atoms with E-state index in [2.05, 4.69) is 57.5 Å². The lowest BCUT2D eigenvalue weighted by Gasteiger charge is -2.43. The van der Waals surface area contributed by atoms with Gasteiger partial charge in [0.2, 0.25) is 0 Å². The fourth-order valence-corrected chi connectivity index (χ4v) is 3.62. The van der Waals surface area contributed by atoms with E-state index < -0.39 is 0 Å². The molecule has 1 aliphatic rings. The first-order valence-electron chi connectivity index (χ1n) is 7.78. The third kappa shape index (κ3) is 5.75. The first-order chi connectivity index (χ1) is 8.58. The molecule has 0 aromatic heterocycles. The molecule has 0 spiro atoms. The topological polar surface area (TPSA) is 9.23 Å². The van der Waals surface area contributed by atoms with E-state index in [-0.39, 0.29) is 5.60 Å². The van der Waals surface area contributed by atoms with Gasteiger partial charge in [0, 0.05) is 11.9 Å². The Bertz CT molecular complexity index is 258. The number of ether oxygens (including phenoxy) is 1. The fourth-order valence-electron chi connectivity index (χ4n) is 2.90. The highest BCUT2D eigenvalue weighted by molar-refractivity contribution is 9.09. The molecule has 0 heterocycles. The first-order valence-corrected chi connectivity index (χ1v) is 8.90. The van der Waals surface area contributed by atoms with Crippen molar-refractivity contribution in [2.45, 2.75) is 79.2 Å². The maximum absolute atomic E-state index is 6.31. The van der Waals surface area contributed by atoms with Gasteiger partial charge in [-0.05, 0) is 48.9 Å². The highest BCUT2D eigenvalue weighted by Gasteiger charge is 2.38. The molecule has 0 aromatic rings. The second kappa shape index (κ2) is 6.47. The molecule has 2 heteroatoms. The summed E-state index contributed by atoms with van der Waals surface area (Å²) in [4.78, 5) is 0. The highest BCUT2D eigenvalue weighted by Crippen LogP contribution is 2.43. The Hall–Kier alpha value is 0.440. The van der Waals surface area contributed by atoms with E-state index >= 15 is 0 Å². The molecule has 0 saturated heterocycles. The summed E-state index contributed by atoms with van der Waals surface area (Å²) in [6.45, 7) is 14.9. The van der Waals surface area contributed by atoms with Gasteiger partial charge in [0.15, 0.2) is 0 Å². The van der Waals surface area contributed by atoms with Gasteiger partial charge in [0.25, 0.3) is 0 Å².